The maximum absolute atomic E-state index is 12.9. The highest BCUT2D eigenvalue weighted by Crippen LogP contribution is 2.45. The van der Waals surface area contributed by atoms with E-state index in [1.807, 2.05) is 78.9 Å². The maximum Gasteiger partial charge on any atom is 0.344 e. The molecule has 30 heavy (non-hydrogen) atoms. The van der Waals surface area contributed by atoms with Gasteiger partial charge in [-0.05, 0) is 34.5 Å². The van der Waals surface area contributed by atoms with E-state index < -0.39 is 0 Å². The highest BCUT2D eigenvalue weighted by Gasteiger charge is 2.22. The molecule has 0 atom stereocenters. The molecule has 0 N–H and O–H groups in total. The average Bonchev–Trinajstić information content (AvgIpc) is 3.33. The lowest BCUT2D eigenvalue weighted by Crippen LogP contribution is -2.02. The van der Waals surface area contributed by atoms with Crippen molar-refractivity contribution in [1.29, 1.82) is 0 Å². The molecule has 0 saturated carbocycles. The topological polar surface area (TPSA) is 43.4 Å². The molecule has 3 heteroatoms. The standard InChI is InChI=1S/C27H16O3/c28-27-21-14-7-6-13-20(21)25-24(22-15-8-16-29-22)19-12-5-4-11-18(19)23(26(25)30-27)17-9-2-1-3-10-17/h1-16H. The van der Waals surface area contributed by atoms with Crippen LogP contribution in [0.3, 0.4) is 0 Å². The lowest BCUT2D eigenvalue weighted by molar-refractivity contribution is 0.569. The van der Waals surface area contributed by atoms with Crippen LogP contribution >= 0.6 is 0 Å². The van der Waals surface area contributed by atoms with Crippen LogP contribution in [0.2, 0.25) is 0 Å². The van der Waals surface area contributed by atoms with Crippen molar-refractivity contribution in [3.05, 3.63) is 108 Å². The van der Waals surface area contributed by atoms with Gasteiger partial charge in [-0.3, -0.25) is 0 Å². The van der Waals surface area contributed by atoms with E-state index in [2.05, 4.69) is 12.1 Å². The second-order valence-electron chi connectivity index (χ2n) is 7.28. The summed E-state index contributed by atoms with van der Waals surface area (Å²) in [5.74, 6) is 0.745. The number of furan rings is 1. The average molecular weight is 388 g/mol. The van der Waals surface area contributed by atoms with Crippen molar-refractivity contribution in [1.82, 2.24) is 0 Å². The Kier molecular flexibility index (Phi) is 3.62. The summed E-state index contributed by atoms with van der Waals surface area (Å²) in [4.78, 5) is 12.9. The van der Waals surface area contributed by atoms with E-state index in [4.69, 9.17) is 8.83 Å². The fourth-order valence-corrected chi connectivity index (χ4v) is 4.37. The van der Waals surface area contributed by atoms with E-state index in [0.29, 0.717) is 11.0 Å². The van der Waals surface area contributed by atoms with E-state index >= 15 is 0 Å². The molecule has 0 aliphatic carbocycles. The lowest BCUT2D eigenvalue weighted by atomic mass is 9.89. The molecule has 0 amide bonds. The Hall–Kier alpha value is -4.11. The zero-order valence-electron chi connectivity index (χ0n) is 16.0. The summed E-state index contributed by atoms with van der Waals surface area (Å²) in [5, 5.41) is 4.38. The minimum absolute atomic E-state index is 0.337. The van der Waals surface area contributed by atoms with Gasteiger partial charge in [-0.15, -0.1) is 0 Å². The van der Waals surface area contributed by atoms with Gasteiger partial charge in [-0.1, -0.05) is 72.8 Å². The molecular weight excluding hydrogens is 372 g/mol. The van der Waals surface area contributed by atoms with Gasteiger partial charge < -0.3 is 8.83 Å². The smallest absolute Gasteiger partial charge is 0.344 e. The van der Waals surface area contributed by atoms with Crippen LogP contribution in [-0.2, 0) is 0 Å². The van der Waals surface area contributed by atoms with Crippen molar-refractivity contribution < 1.29 is 8.83 Å². The van der Waals surface area contributed by atoms with Crippen molar-refractivity contribution >= 4 is 32.5 Å². The molecule has 6 rings (SSSR count). The first kappa shape index (κ1) is 16.8. The molecule has 0 fully saturated rings. The van der Waals surface area contributed by atoms with Crippen LogP contribution in [-0.4, -0.2) is 0 Å². The summed E-state index contributed by atoms with van der Waals surface area (Å²) in [7, 11) is 0. The first-order chi connectivity index (χ1) is 14.8. The Morgan fingerprint density at radius 3 is 1.90 bits per heavy atom. The molecular formula is C27H16O3. The van der Waals surface area contributed by atoms with Gasteiger partial charge in [0, 0.05) is 21.9 Å². The molecule has 0 aliphatic rings. The van der Waals surface area contributed by atoms with Gasteiger partial charge >= 0.3 is 5.63 Å². The number of hydrogen-bond donors (Lipinski definition) is 0. The van der Waals surface area contributed by atoms with Gasteiger partial charge in [0.1, 0.15) is 11.3 Å². The third kappa shape index (κ3) is 2.36. The highest BCUT2D eigenvalue weighted by molar-refractivity contribution is 6.25. The predicted octanol–water partition coefficient (Wildman–Crippen LogP) is 7.03. The largest absolute Gasteiger partial charge is 0.464 e. The lowest BCUT2D eigenvalue weighted by Gasteiger charge is -2.16. The number of hydrogen-bond acceptors (Lipinski definition) is 3. The van der Waals surface area contributed by atoms with Crippen LogP contribution < -0.4 is 5.63 Å². The number of rotatable bonds is 2. The Balaban J connectivity index is 1.98. The molecule has 0 unspecified atom stereocenters. The molecule has 3 nitrogen and oxygen atoms in total. The van der Waals surface area contributed by atoms with E-state index in [9.17, 15) is 4.79 Å². The van der Waals surface area contributed by atoms with Crippen LogP contribution in [0.4, 0.5) is 0 Å². The first-order valence-electron chi connectivity index (χ1n) is 9.82. The Bertz CT molecular complexity index is 1590. The Morgan fingerprint density at radius 1 is 0.567 bits per heavy atom. The molecule has 0 spiro atoms. The van der Waals surface area contributed by atoms with Crippen LogP contribution in [0.5, 0.6) is 0 Å². The van der Waals surface area contributed by atoms with Gasteiger partial charge in [-0.25, -0.2) is 4.79 Å². The molecule has 2 aromatic heterocycles. The second kappa shape index (κ2) is 6.46. The van der Waals surface area contributed by atoms with Crippen molar-refractivity contribution in [2.75, 3.05) is 0 Å². The normalized spacial score (nSPS) is 11.5. The van der Waals surface area contributed by atoms with Gasteiger partial charge in [0.15, 0.2) is 0 Å². The van der Waals surface area contributed by atoms with Crippen LogP contribution in [0, 0.1) is 0 Å². The van der Waals surface area contributed by atoms with Gasteiger partial charge in [0.25, 0.3) is 0 Å². The third-order valence-electron chi connectivity index (χ3n) is 5.61. The fourth-order valence-electron chi connectivity index (χ4n) is 4.37. The summed E-state index contributed by atoms with van der Waals surface area (Å²) in [6.07, 6.45) is 1.67. The Morgan fingerprint density at radius 2 is 1.20 bits per heavy atom. The molecule has 6 aromatic rings. The molecule has 4 aromatic carbocycles. The molecule has 2 heterocycles. The van der Waals surface area contributed by atoms with E-state index in [-0.39, 0.29) is 5.63 Å². The fraction of sp³-hybridized carbons (Fsp3) is 0. The van der Waals surface area contributed by atoms with Crippen LogP contribution in [0.15, 0.2) is 111 Å². The summed E-state index contributed by atoms with van der Waals surface area (Å²) >= 11 is 0. The molecule has 0 bridgehead atoms. The van der Waals surface area contributed by atoms with E-state index in [1.54, 1.807) is 6.26 Å². The monoisotopic (exact) mass is 388 g/mol. The molecule has 0 aliphatic heterocycles. The molecule has 142 valence electrons. The quantitative estimate of drug-likeness (QED) is 0.182. The minimum atomic E-state index is -0.337. The van der Waals surface area contributed by atoms with Crippen molar-refractivity contribution in [2.24, 2.45) is 0 Å². The van der Waals surface area contributed by atoms with E-state index in [1.165, 1.54) is 0 Å². The SMILES string of the molecule is O=c1oc2c(-c3ccccc3)c3ccccc3c(-c3ccco3)c2c2ccccc12. The summed E-state index contributed by atoms with van der Waals surface area (Å²) in [5.41, 5.74) is 3.10. The van der Waals surface area contributed by atoms with Crippen LogP contribution in [0.1, 0.15) is 0 Å². The maximum atomic E-state index is 12.9. The van der Waals surface area contributed by atoms with Gasteiger partial charge in [-0.2, -0.15) is 0 Å². The number of fused-ring (bicyclic) bond motifs is 4. The second-order valence-corrected chi connectivity index (χ2v) is 7.28. The molecule has 0 radical (unpaired) electrons. The molecule has 0 saturated heterocycles. The van der Waals surface area contributed by atoms with Crippen molar-refractivity contribution in [2.45, 2.75) is 0 Å². The summed E-state index contributed by atoms with van der Waals surface area (Å²) in [6, 6.07) is 29.7. The van der Waals surface area contributed by atoms with Crippen molar-refractivity contribution in [3.63, 3.8) is 0 Å². The summed E-state index contributed by atoms with van der Waals surface area (Å²) in [6.45, 7) is 0. The predicted molar refractivity (Wildman–Crippen MR) is 121 cm³/mol. The zero-order valence-corrected chi connectivity index (χ0v) is 16.0. The summed E-state index contributed by atoms with van der Waals surface area (Å²) < 4.78 is 11.9. The third-order valence-corrected chi connectivity index (χ3v) is 5.61. The van der Waals surface area contributed by atoms with Gasteiger partial charge in [0.2, 0.25) is 0 Å². The Labute approximate surface area is 171 Å². The van der Waals surface area contributed by atoms with Gasteiger partial charge in [0.05, 0.1) is 11.6 Å². The zero-order chi connectivity index (χ0) is 20.1. The van der Waals surface area contributed by atoms with E-state index in [0.717, 1.165) is 44.0 Å². The minimum Gasteiger partial charge on any atom is -0.464 e. The van der Waals surface area contributed by atoms with Crippen LogP contribution in [0.25, 0.3) is 55.0 Å². The first-order valence-corrected chi connectivity index (χ1v) is 9.82. The highest BCUT2D eigenvalue weighted by atomic mass is 16.4. The number of benzene rings is 4. The van der Waals surface area contributed by atoms with Crippen molar-refractivity contribution in [3.8, 4) is 22.5 Å².